The van der Waals surface area contributed by atoms with E-state index in [9.17, 15) is 9.59 Å². The Hall–Kier alpha value is -2.05. The van der Waals surface area contributed by atoms with Gasteiger partial charge in [-0.1, -0.05) is 12.1 Å². The molecule has 0 radical (unpaired) electrons. The number of fused-ring (bicyclic) bond motifs is 1. The first-order valence-corrected chi connectivity index (χ1v) is 8.49. The molecule has 0 unspecified atom stereocenters. The van der Waals surface area contributed by atoms with Crippen LogP contribution in [-0.4, -0.2) is 23.3 Å². The number of anilines is 2. The molecule has 2 amide bonds. The van der Waals surface area contributed by atoms with Gasteiger partial charge in [0.15, 0.2) is 0 Å². The minimum atomic E-state index is -0.190. The predicted octanol–water partition coefficient (Wildman–Crippen LogP) is 3.06. The topological polar surface area (TPSA) is 75.4 Å². The molecule has 0 spiro atoms. The number of nitrogens with zero attached hydrogens (tertiary/aromatic N) is 1. The van der Waals surface area contributed by atoms with Crippen LogP contribution in [0.5, 0.6) is 0 Å². The summed E-state index contributed by atoms with van der Waals surface area (Å²) in [7, 11) is 0. The average molecular weight is 366 g/mol. The minimum absolute atomic E-state index is 0. The number of nitrogen functional groups attached to an aromatic ring is 1. The summed E-state index contributed by atoms with van der Waals surface area (Å²) in [6.07, 6.45) is 1.30. The van der Waals surface area contributed by atoms with Gasteiger partial charge in [0.1, 0.15) is 0 Å². The van der Waals surface area contributed by atoms with Crippen LogP contribution in [0.4, 0.5) is 11.4 Å². The van der Waals surface area contributed by atoms with E-state index >= 15 is 0 Å². The van der Waals surface area contributed by atoms with E-state index in [0.29, 0.717) is 17.9 Å². The normalized spacial score (nSPS) is 12.9. The van der Waals surface area contributed by atoms with Crippen LogP contribution in [0, 0.1) is 0 Å². The van der Waals surface area contributed by atoms with Crippen molar-refractivity contribution in [2.45, 2.75) is 25.8 Å². The molecular formula is C17H20ClN3O2S. The Kier molecular flexibility index (Phi) is 6.23. The second-order valence-corrected chi connectivity index (χ2v) is 6.57. The molecule has 7 heteroatoms. The lowest BCUT2D eigenvalue weighted by atomic mass is 10.1. The van der Waals surface area contributed by atoms with Crippen molar-refractivity contribution in [1.29, 1.82) is 0 Å². The highest BCUT2D eigenvalue weighted by Gasteiger charge is 2.21. The second-order valence-electron chi connectivity index (χ2n) is 5.57. The number of carbonyl (C=O) groups excluding carboxylic acids is 2. The van der Waals surface area contributed by atoms with E-state index in [-0.39, 0.29) is 37.1 Å². The highest BCUT2D eigenvalue weighted by atomic mass is 35.5. The van der Waals surface area contributed by atoms with Gasteiger partial charge in [-0.05, 0) is 35.6 Å². The lowest BCUT2D eigenvalue weighted by molar-refractivity contribution is -0.133. The molecule has 1 aromatic carbocycles. The van der Waals surface area contributed by atoms with Gasteiger partial charge in [-0.25, -0.2) is 0 Å². The summed E-state index contributed by atoms with van der Waals surface area (Å²) in [5.74, 6) is -0.164. The maximum atomic E-state index is 12.3. The molecule has 0 saturated carbocycles. The van der Waals surface area contributed by atoms with Crippen molar-refractivity contribution in [2.75, 3.05) is 17.6 Å². The number of halogens is 1. The van der Waals surface area contributed by atoms with Crippen LogP contribution in [-0.2, 0) is 22.6 Å². The van der Waals surface area contributed by atoms with E-state index in [1.807, 2.05) is 17.0 Å². The standard InChI is InChI=1S/C17H19N3O2S.ClH/c18-13-3-1-2-4-14(13)19-16(21)5-6-17(22)20-9-7-15-12(11-20)8-10-23-15;/h1-4,8,10H,5-7,9,11,18H2,(H,19,21);1H. The van der Waals surface area contributed by atoms with Gasteiger partial charge >= 0.3 is 0 Å². The summed E-state index contributed by atoms with van der Waals surface area (Å²) >= 11 is 1.75. The number of carbonyl (C=O) groups is 2. The minimum Gasteiger partial charge on any atom is -0.397 e. The lowest BCUT2D eigenvalue weighted by Crippen LogP contribution is -2.35. The number of benzene rings is 1. The third-order valence-corrected chi connectivity index (χ3v) is 4.98. The first-order valence-electron chi connectivity index (χ1n) is 7.61. The molecule has 1 aliphatic rings. The largest absolute Gasteiger partial charge is 0.397 e. The predicted molar refractivity (Wildman–Crippen MR) is 99.4 cm³/mol. The fraction of sp³-hybridized carbons (Fsp3) is 0.294. The molecule has 1 aromatic heterocycles. The molecule has 2 aromatic rings. The summed E-state index contributed by atoms with van der Waals surface area (Å²) in [5.41, 5.74) is 8.13. The van der Waals surface area contributed by atoms with Gasteiger partial charge in [-0.15, -0.1) is 23.7 Å². The highest BCUT2D eigenvalue weighted by molar-refractivity contribution is 7.10. The van der Waals surface area contributed by atoms with Crippen LogP contribution in [0.1, 0.15) is 23.3 Å². The Labute approximate surface area is 151 Å². The highest BCUT2D eigenvalue weighted by Crippen LogP contribution is 2.24. The molecule has 0 saturated heterocycles. The Morgan fingerprint density at radius 1 is 1.21 bits per heavy atom. The Bertz CT molecular complexity index is 732. The Morgan fingerprint density at radius 2 is 2.00 bits per heavy atom. The van der Waals surface area contributed by atoms with Crippen LogP contribution < -0.4 is 11.1 Å². The summed E-state index contributed by atoms with van der Waals surface area (Å²) in [5, 5.41) is 4.81. The van der Waals surface area contributed by atoms with Gasteiger partial charge in [0.25, 0.3) is 0 Å². The first kappa shape index (κ1) is 18.3. The molecule has 0 fully saturated rings. The van der Waals surface area contributed by atoms with Gasteiger partial charge in [0.05, 0.1) is 11.4 Å². The molecule has 128 valence electrons. The average Bonchev–Trinajstić information content (AvgIpc) is 3.02. The van der Waals surface area contributed by atoms with Crippen molar-refractivity contribution in [3.05, 3.63) is 46.2 Å². The van der Waals surface area contributed by atoms with E-state index in [0.717, 1.165) is 13.0 Å². The van der Waals surface area contributed by atoms with Gasteiger partial charge in [-0.3, -0.25) is 9.59 Å². The quantitative estimate of drug-likeness (QED) is 0.817. The van der Waals surface area contributed by atoms with Crippen molar-refractivity contribution < 1.29 is 9.59 Å². The molecule has 3 N–H and O–H groups in total. The van der Waals surface area contributed by atoms with E-state index in [1.54, 1.807) is 23.5 Å². The Balaban J connectivity index is 0.00000208. The van der Waals surface area contributed by atoms with Gasteiger partial charge in [0, 0.05) is 30.8 Å². The number of nitrogens with two attached hydrogens (primary N) is 1. The molecule has 3 rings (SSSR count). The molecule has 0 bridgehead atoms. The van der Waals surface area contributed by atoms with E-state index in [1.165, 1.54) is 10.4 Å². The molecular weight excluding hydrogens is 346 g/mol. The van der Waals surface area contributed by atoms with Crippen molar-refractivity contribution in [3.63, 3.8) is 0 Å². The fourth-order valence-corrected chi connectivity index (χ4v) is 3.55. The van der Waals surface area contributed by atoms with Crippen molar-refractivity contribution >= 4 is 46.9 Å². The summed E-state index contributed by atoms with van der Waals surface area (Å²) in [6, 6.07) is 9.17. The van der Waals surface area contributed by atoms with Gasteiger partial charge < -0.3 is 16.0 Å². The smallest absolute Gasteiger partial charge is 0.224 e. The maximum Gasteiger partial charge on any atom is 0.224 e. The van der Waals surface area contributed by atoms with Crippen LogP contribution in [0.2, 0.25) is 0 Å². The van der Waals surface area contributed by atoms with Crippen LogP contribution in [0.15, 0.2) is 35.7 Å². The molecule has 24 heavy (non-hydrogen) atoms. The third-order valence-electron chi connectivity index (χ3n) is 3.96. The number of amides is 2. The fourth-order valence-electron chi connectivity index (χ4n) is 2.66. The van der Waals surface area contributed by atoms with Crippen molar-refractivity contribution in [1.82, 2.24) is 4.90 Å². The summed E-state index contributed by atoms with van der Waals surface area (Å²) in [4.78, 5) is 27.5. The number of thiophene rings is 1. The number of hydrogen-bond donors (Lipinski definition) is 2. The van der Waals surface area contributed by atoms with E-state index in [2.05, 4.69) is 16.8 Å². The van der Waals surface area contributed by atoms with Crippen LogP contribution >= 0.6 is 23.7 Å². The third kappa shape index (κ3) is 4.27. The monoisotopic (exact) mass is 365 g/mol. The summed E-state index contributed by atoms with van der Waals surface area (Å²) < 4.78 is 0. The SMILES string of the molecule is Cl.Nc1ccccc1NC(=O)CCC(=O)N1CCc2sccc2C1. The summed E-state index contributed by atoms with van der Waals surface area (Å²) in [6.45, 7) is 1.39. The van der Waals surface area contributed by atoms with Gasteiger partial charge in [0.2, 0.25) is 11.8 Å². The maximum absolute atomic E-state index is 12.3. The zero-order valence-corrected chi connectivity index (χ0v) is 14.8. The molecule has 2 heterocycles. The number of hydrogen-bond acceptors (Lipinski definition) is 4. The van der Waals surface area contributed by atoms with Crippen LogP contribution in [0.3, 0.4) is 0 Å². The first-order chi connectivity index (χ1) is 11.1. The van der Waals surface area contributed by atoms with Crippen LogP contribution in [0.25, 0.3) is 0 Å². The van der Waals surface area contributed by atoms with Gasteiger partial charge in [-0.2, -0.15) is 0 Å². The number of rotatable bonds is 4. The number of nitrogens with one attached hydrogen (secondary N) is 1. The Morgan fingerprint density at radius 3 is 2.79 bits per heavy atom. The van der Waals surface area contributed by atoms with E-state index < -0.39 is 0 Å². The molecule has 5 nitrogen and oxygen atoms in total. The lowest BCUT2D eigenvalue weighted by Gasteiger charge is -2.27. The van der Waals surface area contributed by atoms with E-state index in [4.69, 9.17) is 5.73 Å². The van der Waals surface area contributed by atoms with Crippen molar-refractivity contribution in [3.8, 4) is 0 Å². The molecule has 0 atom stereocenters. The zero-order valence-electron chi connectivity index (χ0n) is 13.2. The van der Waals surface area contributed by atoms with Crippen molar-refractivity contribution in [2.24, 2.45) is 0 Å². The zero-order chi connectivity index (χ0) is 16.2. The molecule has 0 aliphatic carbocycles. The second kappa shape index (κ2) is 8.17. The molecule has 1 aliphatic heterocycles. The number of para-hydroxylation sites is 2.